The topological polar surface area (TPSA) is 70.7 Å². The van der Waals surface area contributed by atoms with Crippen molar-refractivity contribution >= 4 is 11.6 Å². The summed E-state index contributed by atoms with van der Waals surface area (Å²) in [7, 11) is 0. The fourth-order valence-corrected chi connectivity index (χ4v) is 4.63. The molecule has 3 aromatic carbocycles. The van der Waals surface area contributed by atoms with Crippen LogP contribution in [0.2, 0.25) is 0 Å². The largest absolute Gasteiger partial charge is 0.435 e. The number of nitrogens with one attached hydrogen (secondary N) is 1. The summed E-state index contributed by atoms with van der Waals surface area (Å²) in [4.78, 5) is 13.3. The maximum absolute atomic E-state index is 13.5. The first-order valence-electron chi connectivity index (χ1n) is 12.5. The predicted molar refractivity (Wildman–Crippen MR) is 138 cm³/mol. The molecule has 0 aliphatic heterocycles. The van der Waals surface area contributed by atoms with Gasteiger partial charge in [0.25, 0.3) is 5.91 Å². The van der Waals surface area contributed by atoms with Gasteiger partial charge in [-0.3, -0.25) is 4.79 Å². The van der Waals surface area contributed by atoms with E-state index < -0.39 is 17.8 Å². The van der Waals surface area contributed by atoms with Gasteiger partial charge in [-0.05, 0) is 60.2 Å². The summed E-state index contributed by atoms with van der Waals surface area (Å²) in [6.07, 6.45) is -0.108. The minimum Gasteiger partial charge on any atom is -0.321 e. The first kappa shape index (κ1) is 25.3. The number of nitriles is 1. The Morgan fingerprint density at radius 3 is 2.45 bits per heavy atom. The van der Waals surface area contributed by atoms with Crippen molar-refractivity contribution in [2.75, 3.05) is 5.32 Å². The maximum Gasteiger partial charge on any atom is 0.435 e. The van der Waals surface area contributed by atoms with Gasteiger partial charge in [0.1, 0.15) is 5.69 Å². The van der Waals surface area contributed by atoms with Gasteiger partial charge in [0.05, 0.1) is 17.3 Å². The average Bonchev–Trinajstić information content (AvgIpc) is 3.63. The molecule has 5 nitrogen and oxygen atoms in total. The number of rotatable bonds is 8. The van der Waals surface area contributed by atoms with Crippen LogP contribution in [0.4, 0.5) is 18.9 Å². The Balaban J connectivity index is 1.45. The molecule has 1 atom stereocenters. The summed E-state index contributed by atoms with van der Waals surface area (Å²) in [6, 6.07) is 26.2. The van der Waals surface area contributed by atoms with E-state index in [1.54, 1.807) is 6.07 Å². The zero-order valence-corrected chi connectivity index (χ0v) is 20.4. The molecule has 1 aromatic heterocycles. The number of nitrogens with zero attached hydrogens (tertiary/aromatic N) is 3. The molecule has 0 saturated heterocycles. The second-order valence-corrected chi connectivity index (χ2v) is 9.55. The minimum atomic E-state index is -4.74. The standard InChI is InChI=1S/C30H25F3N4O/c31-30(32,33)28-18-27(37(36-28)25-11-4-6-21(16-25)19-34)29(38)35-24-10-5-9-23(17-24)26(15-14-20-12-13-20)22-7-2-1-3-8-22/h1-11,16-18,20,26H,12-15H2,(H,35,38). The molecule has 5 rings (SSSR count). The van der Waals surface area contributed by atoms with E-state index in [4.69, 9.17) is 0 Å². The van der Waals surface area contributed by atoms with Crippen molar-refractivity contribution in [2.24, 2.45) is 5.92 Å². The van der Waals surface area contributed by atoms with Crippen molar-refractivity contribution in [1.29, 1.82) is 5.26 Å². The highest BCUT2D eigenvalue weighted by molar-refractivity contribution is 6.03. The molecule has 0 radical (unpaired) electrons. The molecule has 1 saturated carbocycles. The fourth-order valence-electron chi connectivity index (χ4n) is 4.63. The molecule has 1 amide bonds. The van der Waals surface area contributed by atoms with Gasteiger partial charge in [-0.2, -0.15) is 23.5 Å². The molecule has 0 bridgehead atoms. The molecule has 1 aliphatic carbocycles. The molecule has 0 spiro atoms. The van der Waals surface area contributed by atoms with E-state index in [-0.39, 0.29) is 22.9 Å². The molecule has 4 aromatic rings. The van der Waals surface area contributed by atoms with Crippen molar-refractivity contribution < 1.29 is 18.0 Å². The Bertz CT molecular complexity index is 1480. The third-order valence-electron chi connectivity index (χ3n) is 6.76. The van der Waals surface area contributed by atoms with Crippen LogP contribution >= 0.6 is 0 Å². The smallest absolute Gasteiger partial charge is 0.321 e. The summed E-state index contributed by atoms with van der Waals surface area (Å²) >= 11 is 0. The minimum absolute atomic E-state index is 0.143. The number of halogens is 3. The van der Waals surface area contributed by atoms with Crippen LogP contribution in [0.3, 0.4) is 0 Å². The molecular weight excluding hydrogens is 489 g/mol. The van der Waals surface area contributed by atoms with Crippen molar-refractivity contribution in [3.8, 4) is 11.8 Å². The number of carbonyl (C=O) groups excluding carboxylic acids is 1. The molecule has 1 N–H and O–H groups in total. The number of carbonyl (C=O) groups is 1. The third kappa shape index (κ3) is 5.78. The van der Waals surface area contributed by atoms with E-state index in [1.165, 1.54) is 42.7 Å². The lowest BCUT2D eigenvalue weighted by Gasteiger charge is -2.19. The maximum atomic E-state index is 13.5. The molecule has 38 heavy (non-hydrogen) atoms. The molecule has 1 aliphatic rings. The predicted octanol–water partition coefficient (Wildman–Crippen LogP) is 7.34. The average molecular weight is 515 g/mol. The van der Waals surface area contributed by atoms with Crippen LogP contribution < -0.4 is 5.32 Å². The molecule has 192 valence electrons. The molecular formula is C30H25F3N4O. The van der Waals surface area contributed by atoms with Gasteiger partial charge in [-0.15, -0.1) is 0 Å². The molecule has 1 fully saturated rings. The van der Waals surface area contributed by atoms with Crippen LogP contribution in [-0.4, -0.2) is 15.7 Å². The van der Waals surface area contributed by atoms with Gasteiger partial charge < -0.3 is 5.32 Å². The van der Waals surface area contributed by atoms with Gasteiger partial charge in [-0.25, -0.2) is 4.68 Å². The Kier molecular flexibility index (Phi) is 7.01. The Morgan fingerprint density at radius 2 is 1.74 bits per heavy atom. The van der Waals surface area contributed by atoms with Crippen LogP contribution in [0, 0.1) is 17.2 Å². The quantitative estimate of drug-likeness (QED) is 0.267. The van der Waals surface area contributed by atoms with Crippen LogP contribution in [0.25, 0.3) is 5.69 Å². The summed E-state index contributed by atoms with van der Waals surface area (Å²) in [5.74, 6) is 0.179. The zero-order chi connectivity index (χ0) is 26.7. The van der Waals surface area contributed by atoms with Gasteiger partial charge in [-0.1, -0.05) is 61.4 Å². The lowest BCUT2D eigenvalue weighted by Crippen LogP contribution is -2.17. The SMILES string of the molecule is N#Cc1cccc(-n2nc(C(F)(F)F)cc2C(=O)Nc2cccc(C(CCC3CC3)c3ccccc3)c2)c1. The summed E-state index contributed by atoms with van der Waals surface area (Å²) < 4.78 is 41.5. The highest BCUT2D eigenvalue weighted by Gasteiger charge is 2.36. The number of aromatic nitrogens is 2. The van der Waals surface area contributed by atoms with Gasteiger partial charge >= 0.3 is 6.18 Å². The van der Waals surface area contributed by atoms with E-state index in [1.807, 2.05) is 42.5 Å². The summed E-state index contributed by atoms with van der Waals surface area (Å²) in [5.41, 5.74) is 1.63. The normalized spacial score (nSPS) is 14.1. The lowest BCUT2D eigenvalue weighted by atomic mass is 9.86. The molecule has 8 heteroatoms. The first-order valence-corrected chi connectivity index (χ1v) is 12.5. The van der Waals surface area contributed by atoms with Crippen LogP contribution in [0.5, 0.6) is 0 Å². The van der Waals surface area contributed by atoms with Crippen molar-refractivity contribution in [1.82, 2.24) is 9.78 Å². The Hall–Kier alpha value is -4.38. The first-order chi connectivity index (χ1) is 18.3. The highest BCUT2D eigenvalue weighted by Crippen LogP contribution is 2.39. The van der Waals surface area contributed by atoms with E-state index in [0.29, 0.717) is 5.69 Å². The van der Waals surface area contributed by atoms with Crippen LogP contribution in [0.1, 0.15) is 64.5 Å². The zero-order valence-electron chi connectivity index (χ0n) is 20.4. The van der Waals surface area contributed by atoms with E-state index in [2.05, 4.69) is 22.5 Å². The van der Waals surface area contributed by atoms with Crippen molar-refractivity contribution in [3.05, 3.63) is 113 Å². The van der Waals surface area contributed by atoms with E-state index in [0.717, 1.165) is 35.1 Å². The number of alkyl halides is 3. The van der Waals surface area contributed by atoms with Gasteiger partial charge in [0.15, 0.2) is 5.69 Å². The fraction of sp³-hybridized carbons (Fsp3) is 0.233. The number of benzene rings is 3. The number of anilines is 1. The Labute approximate surface area is 218 Å². The number of amides is 1. The summed E-state index contributed by atoms with van der Waals surface area (Å²) in [5, 5.41) is 15.6. The lowest BCUT2D eigenvalue weighted by molar-refractivity contribution is -0.141. The highest BCUT2D eigenvalue weighted by atomic mass is 19.4. The number of hydrogen-bond acceptors (Lipinski definition) is 3. The summed E-state index contributed by atoms with van der Waals surface area (Å²) in [6.45, 7) is 0. The molecule has 1 unspecified atom stereocenters. The van der Waals surface area contributed by atoms with Crippen LogP contribution in [-0.2, 0) is 6.18 Å². The monoisotopic (exact) mass is 514 g/mol. The van der Waals surface area contributed by atoms with Gasteiger partial charge in [0.2, 0.25) is 0 Å². The van der Waals surface area contributed by atoms with E-state index in [9.17, 15) is 23.2 Å². The second-order valence-electron chi connectivity index (χ2n) is 9.55. The van der Waals surface area contributed by atoms with Crippen LogP contribution in [0.15, 0.2) is 84.9 Å². The van der Waals surface area contributed by atoms with Gasteiger partial charge in [0, 0.05) is 17.7 Å². The third-order valence-corrected chi connectivity index (χ3v) is 6.76. The molecule has 1 heterocycles. The second kappa shape index (κ2) is 10.5. The van der Waals surface area contributed by atoms with Crippen molar-refractivity contribution in [2.45, 2.75) is 37.8 Å². The van der Waals surface area contributed by atoms with Crippen molar-refractivity contribution in [3.63, 3.8) is 0 Å². The number of hydrogen-bond donors (Lipinski definition) is 1. The Morgan fingerprint density at radius 1 is 1.00 bits per heavy atom. The van der Waals surface area contributed by atoms with E-state index >= 15 is 0 Å².